The van der Waals surface area contributed by atoms with Gasteiger partial charge in [0, 0.05) is 51.0 Å². The molecule has 1 fully saturated rings. The number of piperazine rings is 1. The lowest BCUT2D eigenvalue weighted by Gasteiger charge is -2.34. The molecule has 0 N–H and O–H groups in total. The molecule has 0 saturated carbocycles. The number of aromatic nitrogens is 3. The van der Waals surface area contributed by atoms with Crippen LogP contribution in [0.15, 0.2) is 52.7 Å². The molecule has 1 aliphatic rings. The van der Waals surface area contributed by atoms with Gasteiger partial charge in [0.25, 0.3) is 11.8 Å². The Morgan fingerprint density at radius 1 is 1.12 bits per heavy atom. The molecule has 0 atom stereocenters. The molecule has 5 rings (SSSR count). The number of imidazole rings is 1. The van der Waals surface area contributed by atoms with E-state index in [1.807, 2.05) is 41.4 Å². The average Bonchev–Trinajstić information content (AvgIpc) is 3.63. The molecule has 1 aliphatic heterocycles. The number of furan rings is 1. The molecule has 10 heteroatoms. The second-order valence-corrected chi connectivity index (χ2v) is 9.20. The largest absolute Gasteiger partial charge is 0.459 e. The topological polar surface area (TPSA) is 87.2 Å². The zero-order valence-corrected chi connectivity index (χ0v) is 20.0. The van der Waals surface area contributed by atoms with Gasteiger partial charge >= 0.3 is 0 Å². The summed E-state index contributed by atoms with van der Waals surface area (Å²) in [4.78, 5) is 40.6. The molecule has 0 bridgehead atoms. The molecule has 0 spiro atoms. The summed E-state index contributed by atoms with van der Waals surface area (Å²) in [6.07, 6.45) is 5.96. The molecule has 2 amide bonds. The summed E-state index contributed by atoms with van der Waals surface area (Å²) >= 11 is 1.62. The first-order valence-electron chi connectivity index (χ1n) is 11.3. The van der Waals surface area contributed by atoms with E-state index in [1.54, 1.807) is 33.3 Å². The number of carbonyl (C=O) groups excluding carboxylic acids is 2. The van der Waals surface area contributed by atoms with Crippen LogP contribution in [-0.2, 0) is 13.0 Å². The summed E-state index contributed by atoms with van der Waals surface area (Å²) < 4.78 is 7.22. The lowest BCUT2D eigenvalue weighted by atomic mass is 10.2. The third-order valence-electron chi connectivity index (χ3n) is 6.05. The van der Waals surface area contributed by atoms with Gasteiger partial charge in [-0.3, -0.25) is 14.0 Å². The molecule has 1 saturated heterocycles. The Bertz CT molecular complexity index is 1290. The Labute approximate surface area is 201 Å². The van der Waals surface area contributed by atoms with E-state index in [1.165, 1.54) is 6.26 Å². The van der Waals surface area contributed by atoms with Gasteiger partial charge in [0.15, 0.2) is 5.76 Å². The predicted octanol–water partition coefficient (Wildman–Crippen LogP) is 3.18. The Balaban J connectivity index is 1.34. The molecule has 0 aliphatic carbocycles. The van der Waals surface area contributed by atoms with Crippen LogP contribution in [0.1, 0.15) is 38.5 Å². The van der Waals surface area contributed by atoms with Crippen molar-refractivity contribution in [2.45, 2.75) is 19.9 Å². The molecule has 176 valence electrons. The van der Waals surface area contributed by atoms with Crippen LogP contribution in [-0.4, -0.2) is 69.2 Å². The number of hydrogen-bond donors (Lipinski definition) is 0. The van der Waals surface area contributed by atoms with Gasteiger partial charge in [-0.2, -0.15) is 0 Å². The van der Waals surface area contributed by atoms with Crippen molar-refractivity contribution in [3.8, 4) is 0 Å². The van der Waals surface area contributed by atoms with Gasteiger partial charge in [-0.1, -0.05) is 6.92 Å². The van der Waals surface area contributed by atoms with Crippen molar-refractivity contribution < 1.29 is 14.0 Å². The molecule has 0 radical (unpaired) electrons. The standard InChI is InChI=1S/C24H26N6O3S/c1-3-18-22(27(2)16-21-25-8-14-34-21)30-15-17(6-7-20(30)26-18)23(31)28-9-11-29(12-10-28)24(32)19-5-4-13-33-19/h4-8,13-15H,3,9-12,16H2,1-2H3. The summed E-state index contributed by atoms with van der Waals surface area (Å²) in [6, 6.07) is 7.08. The molecule has 0 unspecified atom stereocenters. The van der Waals surface area contributed by atoms with Crippen LogP contribution >= 0.6 is 11.3 Å². The lowest BCUT2D eigenvalue weighted by molar-refractivity contribution is 0.0518. The second kappa shape index (κ2) is 9.30. The number of thiazole rings is 1. The fourth-order valence-corrected chi connectivity index (χ4v) is 4.98. The normalized spacial score (nSPS) is 14.1. The third kappa shape index (κ3) is 4.16. The average molecular weight is 479 g/mol. The number of anilines is 1. The number of amides is 2. The molecular formula is C24H26N6O3S. The van der Waals surface area contributed by atoms with E-state index < -0.39 is 0 Å². The van der Waals surface area contributed by atoms with Gasteiger partial charge < -0.3 is 19.1 Å². The molecule has 9 nitrogen and oxygen atoms in total. The zero-order valence-electron chi connectivity index (χ0n) is 19.2. The minimum Gasteiger partial charge on any atom is -0.459 e. The second-order valence-electron chi connectivity index (χ2n) is 8.23. The monoisotopic (exact) mass is 478 g/mol. The van der Waals surface area contributed by atoms with Crippen molar-refractivity contribution in [1.29, 1.82) is 0 Å². The predicted molar refractivity (Wildman–Crippen MR) is 129 cm³/mol. The SMILES string of the molecule is CCc1nc2ccc(C(=O)N3CCN(C(=O)c4ccco4)CC3)cn2c1N(C)Cc1nccs1. The van der Waals surface area contributed by atoms with Gasteiger partial charge in [-0.25, -0.2) is 9.97 Å². The maximum atomic E-state index is 13.3. The highest BCUT2D eigenvalue weighted by molar-refractivity contribution is 7.09. The lowest BCUT2D eigenvalue weighted by Crippen LogP contribution is -2.50. The summed E-state index contributed by atoms with van der Waals surface area (Å²) in [5, 5.41) is 2.99. The molecular weight excluding hydrogens is 452 g/mol. The fourth-order valence-electron chi connectivity index (χ4n) is 4.31. The van der Waals surface area contributed by atoms with Crippen LogP contribution in [0.25, 0.3) is 5.65 Å². The van der Waals surface area contributed by atoms with E-state index in [0.29, 0.717) is 44.0 Å². The highest BCUT2D eigenvalue weighted by Crippen LogP contribution is 2.25. The first-order valence-corrected chi connectivity index (χ1v) is 12.2. The van der Waals surface area contributed by atoms with Crippen molar-refractivity contribution >= 4 is 34.6 Å². The smallest absolute Gasteiger partial charge is 0.289 e. The first-order chi connectivity index (χ1) is 16.5. The van der Waals surface area contributed by atoms with Crippen LogP contribution in [0.5, 0.6) is 0 Å². The van der Waals surface area contributed by atoms with Crippen LogP contribution < -0.4 is 4.90 Å². The van der Waals surface area contributed by atoms with Gasteiger partial charge in [0.2, 0.25) is 0 Å². The minimum absolute atomic E-state index is 0.0488. The maximum Gasteiger partial charge on any atom is 0.289 e. The summed E-state index contributed by atoms with van der Waals surface area (Å²) in [5.41, 5.74) is 2.39. The highest BCUT2D eigenvalue weighted by Gasteiger charge is 2.27. The van der Waals surface area contributed by atoms with Crippen molar-refractivity contribution in [3.63, 3.8) is 0 Å². The zero-order chi connectivity index (χ0) is 23.7. The van der Waals surface area contributed by atoms with Crippen LogP contribution in [0.2, 0.25) is 0 Å². The van der Waals surface area contributed by atoms with Gasteiger partial charge in [-0.05, 0) is 30.7 Å². The number of carbonyl (C=O) groups is 2. The highest BCUT2D eigenvalue weighted by atomic mass is 32.1. The van der Waals surface area contributed by atoms with Gasteiger partial charge in [-0.15, -0.1) is 11.3 Å². The fraction of sp³-hybridized carbons (Fsp3) is 0.333. The summed E-state index contributed by atoms with van der Waals surface area (Å²) in [6.45, 7) is 4.65. The van der Waals surface area contributed by atoms with Crippen molar-refractivity contribution in [1.82, 2.24) is 24.2 Å². The Kier molecular flexibility index (Phi) is 6.06. The molecule has 5 heterocycles. The van der Waals surface area contributed by atoms with E-state index in [9.17, 15) is 9.59 Å². The van der Waals surface area contributed by atoms with E-state index in [-0.39, 0.29) is 11.8 Å². The van der Waals surface area contributed by atoms with Gasteiger partial charge in [0.05, 0.1) is 24.1 Å². The Morgan fingerprint density at radius 3 is 2.53 bits per heavy atom. The molecule has 34 heavy (non-hydrogen) atoms. The minimum atomic E-state index is -0.142. The first kappa shape index (κ1) is 22.1. The molecule has 4 aromatic heterocycles. The number of hydrogen-bond acceptors (Lipinski definition) is 7. The number of nitrogens with zero attached hydrogens (tertiary/aromatic N) is 6. The maximum absolute atomic E-state index is 13.3. The van der Waals surface area contributed by atoms with Gasteiger partial charge in [0.1, 0.15) is 16.5 Å². The summed E-state index contributed by atoms with van der Waals surface area (Å²) in [7, 11) is 2.02. The molecule has 4 aromatic rings. The van der Waals surface area contributed by atoms with E-state index in [4.69, 9.17) is 9.40 Å². The Morgan fingerprint density at radius 2 is 1.88 bits per heavy atom. The van der Waals surface area contributed by atoms with Crippen LogP contribution in [0.3, 0.4) is 0 Å². The van der Waals surface area contributed by atoms with E-state index >= 15 is 0 Å². The van der Waals surface area contributed by atoms with Crippen molar-refractivity contribution in [2.24, 2.45) is 0 Å². The van der Waals surface area contributed by atoms with E-state index in [0.717, 1.165) is 28.6 Å². The third-order valence-corrected chi connectivity index (χ3v) is 6.81. The van der Waals surface area contributed by atoms with Crippen molar-refractivity contribution in [2.75, 3.05) is 38.1 Å². The number of aryl methyl sites for hydroxylation is 1. The van der Waals surface area contributed by atoms with E-state index in [2.05, 4.69) is 16.8 Å². The summed E-state index contributed by atoms with van der Waals surface area (Å²) in [5.74, 6) is 1.10. The number of rotatable bonds is 6. The number of fused-ring (bicyclic) bond motifs is 1. The van der Waals surface area contributed by atoms with Crippen molar-refractivity contribution in [3.05, 3.63) is 70.3 Å². The number of pyridine rings is 1. The Hall–Kier alpha value is -3.66. The quantitative estimate of drug-likeness (QED) is 0.423. The van der Waals surface area contributed by atoms with Crippen LogP contribution in [0.4, 0.5) is 5.82 Å². The molecule has 0 aromatic carbocycles. The van der Waals surface area contributed by atoms with Crippen LogP contribution in [0, 0.1) is 0 Å².